The van der Waals surface area contributed by atoms with E-state index in [9.17, 15) is 0 Å². The molecule has 2 aromatic carbocycles. The van der Waals surface area contributed by atoms with Gasteiger partial charge < -0.3 is 14.5 Å². The van der Waals surface area contributed by atoms with E-state index >= 15 is 0 Å². The summed E-state index contributed by atoms with van der Waals surface area (Å²) in [6.45, 7) is 7.01. The highest BCUT2D eigenvalue weighted by Gasteiger charge is 2.34. The topological polar surface area (TPSA) is 15.7 Å². The maximum Gasteiger partial charge on any atom is 0.118 e. The molecule has 4 rings (SSSR count). The summed E-state index contributed by atoms with van der Waals surface area (Å²) in [4.78, 5) is 5.25. The van der Waals surface area contributed by atoms with Gasteiger partial charge in [0.25, 0.3) is 0 Å². The molecule has 132 valence electrons. The number of nitrogens with zero attached hydrogens (tertiary/aromatic N) is 2. The van der Waals surface area contributed by atoms with Crippen LogP contribution in [0.25, 0.3) is 0 Å². The van der Waals surface area contributed by atoms with Crippen LogP contribution in [0.1, 0.15) is 36.8 Å². The molecule has 2 heterocycles. The summed E-state index contributed by atoms with van der Waals surface area (Å²) in [5.74, 6) is 1.39. The Morgan fingerprint density at radius 1 is 1.00 bits per heavy atom. The molecule has 0 amide bonds. The first-order valence-corrected chi connectivity index (χ1v) is 9.52. The summed E-state index contributed by atoms with van der Waals surface area (Å²) < 4.78 is 5.32. The lowest BCUT2D eigenvalue weighted by atomic mass is 9.93. The van der Waals surface area contributed by atoms with E-state index in [0.717, 1.165) is 12.3 Å². The van der Waals surface area contributed by atoms with E-state index in [-0.39, 0.29) is 0 Å². The van der Waals surface area contributed by atoms with Gasteiger partial charge in [0.05, 0.1) is 7.11 Å². The Morgan fingerprint density at radius 3 is 2.40 bits per heavy atom. The summed E-state index contributed by atoms with van der Waals surface area (Å²) in [6, 6.07) is 18.3. The maximum atomic E-state index is 5.32. The molecule has 0 N–H and O–H groups in total. The van der Waals surface area contributed by atoms with Crippen LogP contribution in [0.4, 0.5) is 5.69 Å². The van der Waals surface area contributed by atoms with Crippen LogP contribution in [0.15, 0.2) is 48.5 Å². The number of likely N-dealkylation sites (tertiary alicyclic amines) is 1. The van der Waals surface area contributed by atoms with Gasteiger partial charge in [-0.05, 0) is 48.7 Å². The van der Waals surface area contributed by atoms with Gasteiger partial charge >= 0.3 is 0 Å². The molecule has 2 aromatic rings. The lowest BCUT2D eigenvalue weighted by Gasteiger charge is -2.38. The minimum atomic E-state index is 0.464. The third-order valence-corrected chi connectivity index (χ3v) is 5.96. The number of methoxy groups -OCH3 is 1. The normalized spacial score (nSPS) is 21.4. The van der Waals surface area contributed by atoms with Gasteiger partial charge in [0.2, 0.25) is 0 Å². The van der Waals surface area contributed by atoms with Crippen LogP contribution in [0.3, 0.4) is 0 Å². The predicted molar refractivity (Wildman–Crippen MR) is 104 cm³/mol. The number of fused-ring (bicyclic) bond motifs is 1. The number of ether oxygens (including phenoxy) is 1. The van der Waals surface area contributed by atoms with Crippen molar-refractivity contribution in [2.45, 2.75) is 31.7 Å². The third kappa shape index (κ3) is 3.13. The van der Waals surface area contributed by atoms with E-state index < -0.39 is 0 Å². The first kappa shape index (κ1) is 16.5. The molecule has 3 nitrogen and oxygen atoms in total. The van der Waals surface area contributed by atoms with Gasteiger partial charge in [-0.25, -0.2) is 0 Å². The molecule has 25 heavy (non-hydrogen) atoms. The van der Waals surface area contributed by atoms with Gasteiger partial charge in [0.15, 0.2) is 0 Å². The molecule has 3 heteroatoms. The van der Waals surface area contributed by atoms with Crippen LogP contribution >= 0.6 is 0 Å². The van der Waals surface area contributed by atoms with Crippen molar-refractivity contribution in [3.8, 4) is 5.75 Å². The fourth-order valence-corrected chi connectivity index (χ4v) is 4.45. The third-order valence-electron chi connectivity index (χ3n) is 5.96. The zero-order valence-corrected chi connectivity index (χ0v) is 15.3. The number of hydrogen-bond donors (Lipinski definition) is 0. The van der Waals surface area contributed by atoms with Gasteiger partial charge in [0, 0.05) is 37.3 Å². The Bertz CT molecular complexity index is 704. The number of hydrogen-bond acceptors (Lipinski definition) is 3. The molecular formula is C22H28N2O. The molecule has 1 unspecified atom stereocenters. The van der Waals surface area contributed by atoms with Crippen LogP contribution in [0.2, 0.25) is 0 Å². The molecule has 1 fully saturated rings. The number of rotatable bonds is 4. The molecule has 1 saturated heterocycles. The van der Waals surface area contributed by atoms with Crippen LogP contribution in [0, 0.1) is 0 Å². The maximum absolute atomic E-state index is 5.32. The van der Waals surface area contributed by atoms with E-state index in [0.29, 0.717) is 12.0 Å². The first-order valence-electron chi connectivity index (χ1n) is 9.52. The number of anilines is 1. The van der Waals surface area contributed by atoms with E-state index in [4.69, 9.17) is 4.74 Å². The highest BCUT2D eigenvalue weighted by molar-refractivity contribution is 5.63. The van der Waals surface area contributed by atoms with Crippen LogP contribution in [-0.4, -0.2) is 44.2 Å². The first-order chi connectivity index (χ1) is 12.3. The smallest absolute Gasteiger partial charge is 0.118 e. The molecule has 1 atom stereocenters. The Balaban J connectivity index is 1.59. The summed E-state index contributed by atoms with van der Waals surface area (Å²) in [6.07, 6.45) is 2.55. The Hall–Kier alpha value is -2.00. The molecule has 0 bridgehead atoms. The summed E-state index contributed by atoms with van der Waals surface area (Å²) in [5, 5.41) is 0. The van der Waals surface area contributed by atoms with Crippen molar-refractivity contribution >= 4 is 5.69 Å². The average molecular weight is 336 g/mol. The Kier molecular flexibility index (Phi) is 4.67. The van der Waals surface area contributed by atoms with Gasteiger partial charge in [-0.1, -0.05) is 37.3 Å². The van der Waals surface area contributed by atoms with E-state index in [1.807, 2.05) is 0 Å². The summed E-state index contributed by atoms with van der Waals surface area (Å²) in [5.41, 5.74) is 4.31. The second-order valence-electron chi connectivity index (χ2n) is 7.20. The lowest BCUT2D eigenvalue weighted by molar-refractivity contribution is 0.219. The standard InChI is InChI=1S/C22H28N2O/c1-3-23-14-12-18(13-15-23)24-16-21(20-6-4-5-7-22(20)24)17-8-10-19(25-2)11-9-17/h4-11,18,21H,3,12-16H2,1-2H3. The van der Waals surface area contributed by atoms with E-state index in [2.05, 4.69) is 65.3 Å². The molecule has 0 aromatic heterocycles. The molecular weight excluding hydrogens is 308 g/mol. The van der Waals surface area contributed by atoms with Gasteiger partial charge in [-0.15, -0.1) is 0 Å². The highest BCUT2D eigenvalue weighted by Crippen LogP contribution is 2.42. The minimum absolute atomic E-state index is 0.464. The van der Waals surface area contributed by atoms with Gasteiger partial charge in [0.1, 0.15) is 5.75 Å². The van der Waals surface area contributed by atoms with Crippen LogP contribution < -0.4 is 9.64 Å². The van der Waals surface area contributed by atoms with Gasteiger partial charge in [-0.2, -0.15) is 0 Å². The SMILES string of the molecule is CCN1CCC(N2CC(c3ccc(OC)cc3)c3ccccc32)CC1. The highest BCUT2D eigenvalue weighted by atomic mass is 16.5. The van der Waals surface area contributed by atoms with Crippen molar-refractivity contribution in [2.24, 2.45) is 0 Å². The second kappa shape index (κ2) is 7.09. The zero-order chi connectivity index (χ0) is 17.2. The van der Waals surface area contributed by atoms with Crippen molar-refractivity contribution in [1.82, 2.24) is 4.90 Å². The largest absolute Gasteiger partial charge is 0.497 e. The molecule has 0 spiro atoms. The fourth-order valence-electron chi connectivity index (χ4n) is 4.45. The minimum Gasteiger partial charge on any atom is -0.497 e. The number of benzene rings is 2. The van der Waals surface area contributed by atoms with Gasteiger partial charge in [-0.3, -0.25) is 0 Å². The van der Waals surface area contributed by atoms with Crippen molar-refractivity contribution in [2.75, 3.05) is 38.2 Å². The number of para-hydroxylation sites is 1. The van der Waals surface area contributed by atoms with Crippen molar-refractivity contribution in [3.05, 3.63) is 59.7 Å². The van der Waals surface area contributed by atoms with E-state index in [1.54, 1.807) is 7.11 Å². The Labute approximate surface area is 151 Å². The average Bonchev–Trinajstić information content (AvgIpc) is 3.08. The van der Waals surface area contributed by atoms with Crippen LogP contribution in [-0.2, 0) is 0 Å². The summed E-state index contributed by atoms with van der Waals surface area (Å²) in [7, 11) is 1.73. The zero-order valence-electron chi connectivity index (χ0n) is 15.3. The van der Waals surface area contributed by atoms with E-state index in [1.165, 1.54) is 49.3 Å². The monoisotopic (exact) mass is 336 g/mol. The van der Waals surface area contributed by atoms with Crippen LogP contribution in [0.5, 0.6) is 5.75 Å². The fraction of sp³-hybridized carbons (Fsp3) is 0.455. The van der Waals surface area contributed by atoms with Crippen molar-refractivity contribution in [1.29, 1.82) is 0 Å². The molecule has 2 aliphatic rings. The molecule has 0 radical (unpaired) electrons. The molecule has 0 saturated carbocycles. The second-order valence-corrected chi connectivity index (χ2v) is 7.20. The Morgan fingerprint density at radius 2 is 1.72 bits per heavy atom. The number of piperidine rings is 1. The lowest BCUT2D eigenvalue weighted by Crippen LogP contribution is -2.44. The van der Waals surface area contributed by atoms with Crippen molar-refractivity contribution in [3.63, 3.8) is 0 Å². The predicted octanol–water partition coefficient (Wildman–Crippen LogP) is 4.13. The van der Waals surface area contributed by atoms with Crippen molar-refractivity contribution < 1.29 is 4.74 Å². The quantitative estimate of drug-likeness (QED) is 0.835. The molecule has 2 aliphatic heterocycles. The molecule has 0 aliphatic carbocycles. The summed E-state index contributed by atoms with van der Waals surface area (Å²) >= 11 is 0.